The number of carbonyl (C=O) groups is 2. The first-order chi connectivity index (χ1) is 15.7. The van der Waals surface area contributed by atoms with Gasteiger partial charge in [-0.25, -0.2) is 0 Å². The van der Waals surface area contributed by atoms with Crippen LogP contribution in [0.3, 0.4) is 0 Å². The minimum Gasteiger partial charge on any atom is -0.494 e. The molecule has 0 radical (unpaired) electrons. The van der Waals surface area contributed by atoms with Crippen LogP contribution >= 0.6 is 0 Å². The second kappa shape index (κ2) is 12.9. The number of rotatable bonds is 12. The second-order valence-electron chi connectivity index (χ2n) is 8.13. The monoisotopic (exact) mass is 438 g/mol. The minimum atomic E-state index is -0.268. The highest BCUT2D eigenvalue weighted by Gasteiger charge is 2.18. The zero-order chi connectivity index (χ0) is 22.6. The summed E-state index contributed by atoms with van der Waals surface area (Å²) in [7, 11) is 0. The Morgan fingerprint density at radius 1 is 1.00 bits per heavy atom. The first kappa shape index (κ1) is 23.8. The van der Waals surface area contributed by atoms with E-state index in [1.165, 1.54) is 25.7 Å². The minimum absolute atomic E-state index is 0.0674. The number of para-hydroxylation sites is 1. The Balaban J connectivity index is 1.51. The van der Waals surface area contributed by atoms with Crippen molar-refractivity contribution in [2.24, 2.45) is 0 Å². The zero-order valence-corrected chi connectivity index (χ0v) is 18.9. The molecule has 6 nitrogen and oxygen atoms in total. The van der Waals surface area contributed by atoms with E-state index in [9.17, 15) is 9.59 Å². The van der Waals surface area contributed by atoms with E-state index in [1.54, 1.807) is 48.5 Å². The van der Waals surface area contributed by atoms with Crippen molar-refractivity contribution in [2.45, 2.75) is 58.0 Å². The van der Waals surface area contributed by atoms with Gasteiger partial charge in [-0.3, -0.25) is 9.59 Å². The standard InChI is InChI=1S/C26H34N2O4/c1-2-3-4-5-8-17-31-21-15-13-20(14-16-21)25(29)28-24-12-7-6-11-23(24)26(30)27-19-22-10-9-18-32-22/h6-7,11-16,22H,2-5,8-10,17-19H2,1H3,(H,27,30)(H,28,29). The van der Waals surface area contributed by atoms with Gasteiger partial charge in [0.1, 0.15) is 5.75 Å². The number of benzene rings is 2. The molecular formula is C26H34N2O4. The molecule has 0 aromatic heterocycles. The van der Waals surface area contributed by atoms with E-state index in [-0.39, 0.29) is 17.9 Å². The summed E-state index contributed by atoms with van der Waals surface area (Å²) in [6.45, 7) is 4.11. The van der Waals surface area contributed by atoms with Crippen molar-refractivity contribution in [3.8, 4) is 5.75 Å². The molecule has 2 N–H and O–H groups in total. The maximum atomic E-state index is 12.7. The van der Waals surface area contributed by atoms with Crippen LogP contribution in [0.15, 0.2) is 48.5 Å². The number of anilines is 1. The SMILES string of the molecule is CCCCCCCOc1ccc(C(=O)Nc2ccccc2C(=O)NCC2CCCO2)cc1. The number of unbranched alkanes of at least 4 members (excludes halogenated alkanes) is 4. The van der Waals surface area contributed by atoms with Gasteiger partial charge in [-0.05, 0) is 55.7 Å². The summed E-state index contributed by atoms with van der Waals surface area (Å²) in [5.41, 5.74) is 1.42. The highest BCUT2D eigenvalue weighted by atomic mass is 16.5. The van der Waals surface area contributed by atoms with Crippen LogP contribution in [-0.2, 0) is 4.74 Å². The van der Waals surface area contributed by atoms with Gasteiger partial charge in [0.2, 0.25) is 0 Å². The first-order valence-corrected chi connectivity index (χ1v) is 11.7. The average Bonchev–Trinajstić information content (AvgIpc) is 3.34. The third-order valence-corrected chi connectivity index (χ3v) is 5.57. The van der Waals surface area contributed by atoms with E-state index in [0.29, 0.717) is 30.0 Å². The van der Waals surface area contributed by atoms with Crippen LogP contribution in [0.25, 0.3) is 0 Å². The Morgan fingerprint density at radius 3 is 2.53 bits per heavy atom. The molecule has 32 heavy (non-hydrogen) atoms. The average molecular weight is 439 g/mol. The normalized spacial score (nSPS) is 15.3. The number of hydrogen-bond acceptors (Lipinski definition) is 4. The van der Waals surface area contributed by atoms with Gasteiger partial charge >= 0.3 is 0 Å². The molecule has 3 rings (SSSR count). The van der Waals surface area contributed by atoms with E-state index in [2.05, 4.69) is 17.6 Å². The summed E-state index contributed by atoms with van der Waals surface area (Å²) in [5, 5.41) is 5.76. The summed E-state index contributed by atoms with van der Waals surface area (Å²) in [6.07, 6.45) is 8.00. The van der Waals surface area contributed by atoms with Gasteiger partial charge in [0.25, 0.3) is 11.8 Å². The number of carbonyl (C=O) groups excluding carboxylic acids is 2. The molecule has 1 aliphatic heterocycles. The van der Waals surface area contributed by atoms with E-state index >= 15 is 0 Å². The van der Waals surface area contributed by atoms with Crippen molar-refractivity contribution in [2.75, 3.05) is 25.1 Å². The topological polar surface area (TPSA) is 76.7 Å². The molecule has 1 heterocycles. The Bertz CT molecular complexity index is 860. The summed E-state index contributed by atoms with van der Waals surface area (Å²) in [6, 6.07) is 14.1. The molecule has 1 saturated heterocycles. The predicted molar refractivity (Wildman–Crippen MR) is 126 cm³/mol. The van der Waals surface area contributed by atoms with Gasteiger partial charge < -0.3 is 20.1 Å². The molecule has 0 aliphatic carbocycles. The lowest BCUT2D eigenvalue weighted by Gasteiger charge is -2.14. The van der Waals surface area contributed by atoms with Crippen LogP contribution in [0.1, 0.15) is 72.6 Å². The van der Waals surface area contributed by atoms with E-state index < -0.39 is 0 Å². The number of ether oxygens (including phenoxy) is 2. The summed E-state index contributed by atoms with van der Waals surface area (Å²) in [5.74, 6) is 0.264. The molecule has 6 heteroatoms. The molecular weight excluding hydrogens is 404 g/mol. The Morgan fingerprint density at radius 2 is 1.78 bits per heavy atom. The lowest BCUT2D eigenvalue weighted by atomic mass is 10.1. The predicted octanol–water partition coefficient (Wildman–Crippen LogP) is 5.20. The van der Waals surface area contributed by atoms with Crippen LogP contribution in [-0.4, -0.2) is 37.7 Å². The van der Waals surface area contributed by atoms with E-state index in [4.69, 9.17) is 9.47 Å². The van der Waals surface area contributed by atoms with Crippen molar-refractivity contribution < 1.29 is 19.1 Å². The van der Waals surface area contributed by atoms with Crippen LogP contribution in [0.5, 0.6) is 5.75 Å². The largest absolute Gasteiger partial charge is 0.494 e. The molecule has 1 fully saturated rings. The molecule has 1 aliphatic rings. The quantitative estimate of drug-likeness (QED) is 0.447. The van der Waals surface area contributed by atoms with Crippen molar-refractivity contribution in [3.63, 3.8) is 0 Å². The fourth-order valence-electron chi connectivity index (χ4n) is 3.69. The Kier molecular flexibility index (Phi) is 9.57. The Labute approximate surface area is 190 Å². The van der Waals surface area contributed by atoms with Crippen LogP contribution in [0, 0.1) is 0 Å². The zero-order valence-electron chi connectivity index (χ0n) is 18.9. The van der Waals surface area contributed by atoms with Crippen molar-refractivity contribution >= 4 is 17.5 Å². The van der Waals surface area contributed by atoms with Gasteiger partial charge in [0.15, 0.2) is 0 Å². The first-order valence-electron chi connectivity index (χ1n) is 11.7. The highest BCUT2D eigenvalue weighted by Crippen LogP contribution is 2.19. The maximum absolute atomic E-state index is 12.7. The second-order valence-corrected chi connectivity index (χ2v) is 8.13. The third-order valence-electron chi connectivity index (χ3n) is 5.57. The van der Waals surface area contributed by atoms with Gasteiger partial charge in [0.05, 0.1) is 24.0 Å². The summed E-state index contributed by atoms with van der Waals surface area (Å²) >= 11 is 0. The van der Waals surface area contributed by atoms with Gasteiger partial charge in [0, 0.05) is 18.7 Å². The fraction of sp³-hybridized carbons (Fsp3) is 0.462. The van der Waals surface area contributed by atoms with Gasteiger partial charge in [-0.2, -0.15) is 0 Å². The molecule has 172 valence electrons. The Hall–Kier alpha value is -2.86. The molecule has 2 amide bonds. The van der Waals surface area contributed by atoms with Crippen LogP contribution in [0.2, 0.25) is 0 Å². The van der Waals surface area contributed by atoms with E-state index in [0.717, 1.165) is 31.6 Å². The molecule has 0 bridgehead atoms. The lowest BCUT2D eigenvalue weighted by Crippen LogP contribution is -2.32. The van der Waals surface area contributed by atoms with Crippen molar-refractivity contribution in [3.05, 3.63) is 59.7 Å². The third kappa shape index (κ3) is 7.38. The number of amides is 2. The number of nitrogens with one attached hydrogen (secondary N) is 2. The van der Waals surface area contributed by atoms with E-state index in [1.807, 2.05) is 0 Å². The molecule has 2 aromatic carbocycles. The van der Waals surface area contributed by atoms with Crippen molar-refractivity contribution in [1.29, 1.82) is 0 Å². The smallest absolute Gasteiger partial charge is 0.255 e. The maximum Gasteiger partial charge on any atom is 0.255 e. The molecule has 1 atom stereocenters. The van der Waals surface area contributed by atoms with Crippen molar-refractivity contribution in [1.82, 2.24) is 5.32 Å². The molecule has 2 aromatic rings. The fourth-order valence-corrected chi connectivity index (χ4v) is 3.69. The number of hydrogen-bond donors (Lipinski definition) is 2. The summed E-state index contributed by atoms with van der Waals surface area (Å²) < 4.78 is 11.3. The highest BCUT2D eigenvalue weighted by molar-refractivity contribution is 6.09. The van der Waals surface area contributed by atoms with Gasteiger partial charge in [-0.1, -0.05) is 44.7 Å². The molecule has 0 spiro atoms. The molecule has 0 saturated carbocycles. The molecule has 1 unspecified atom stereocenters. The van der Waals surface area contributed by atoms with Crippen LogP contribution in [0.4, 0.5) is 5.69 Å². The lowest BCUT2D eigenvalue weighted by molar-refractivity contribution is 0.0858. The van der Waals surface area contributed by atoms with Crippen LogP contribution < -0.4 is 15.4 Å². The van der Waals surface area contributed by atoms with Gasteiger partial charge in [-0.15, -0.1) is 0 Å². The summed E-state index contributed by atoms with van der Waals surface area (Å²) in [4.78, 5) is 25.4.